The van der Waals surface area contributed by atoms with Gasteiger partial charge in [0.2, 0.25) is 0 Å². The minimum Gasteiger partial charge on any atom is -0.512 e. The van der Waals surface area contributed by atoms with E-state index in [4.69, 9.17) is 5.11 Å². The predicted octanol–water partition coefficient (Wildman–Crippen LogP) is 1.40. The molecule has 0 aliphatic rings. The molecule has 0 radical (unpaired) electrons. The van der Waals surface area contributed by atoms with Gasteiger partial charge in [-0.25, -0.2) is 9.97 Å². The zero-order valence-corrected chi connectivity index (χ0v) is 5.65. The number of nitrogens with zero attached hydrogens (tertiary/aromatic N) is 2. The second-order valence-electron chi connectivity index (χ2n) is 1.89. The molecule has 1 heterocycles. The molecule has 0 aliphatic carbocycles. The van der Waals surface area contributed by atoms with Gasteiger partial charge >= 0.3 is 0 Å². The van der Waals surface area contributed by atoms with Gasteiger partial charge < -0.3 is 5.11 Å². The normalized spacial score (nSPS) is 11.5. The first-order chi connectivity index (χ1) is 4.79. The Hall–Kier alpha value is -1.38. The van der Waals surface area contributed by atoms with Crippen molar-refractivity contribution >= 4 is 6.08 Å². The van der Waals surface area contributed by atoms with Crippen molar-refractivity contribution in [3.63, 3.8) is 0 Å². The summed E-state index contributed by atoms with van der Waals surface area (Å²) in [6.07, 6.45) is 4.75. The molecular weight excluding hydrogens is 128 g/mol. The van der Waals surface area contributed by atoms with Crippen LogP contribution in [0.2, 0.25) is 0 Å². The SMILES string of the molecule is C/C(O)=C/c1ncccn1. The van der Waals surface area contributed by atoms with Gasteiger partial charge in [0.15, 0.2) is 5.82 Å². The molecule has 0 fully saturated rings. The lowest BCUT2D eigenvalue weighted by molar-refractivity contribution is 0.419. The van der Waals surface area contributed by atoms with Crippen LogP contribution in [0.15, 0.2) is 24.2 Å². The standard InChI is InChI=1S/C7H8N2O/c1-6(10)5-7-8-3-2-4-9-7/h2-5,10H,1H3/b6-5-. The van der Waals surface area contributed by atoms with Gasteiger partial charge in [-0.15, -0.1) is 0 Å². The maximum Gasteiger partial charge on any atom is 0.155 e. The smallest absolute Gasteiger partial charge is 0.155 e. The highest BCUT2D eigenvalue weighted by Gasteiger charge is 1.87. The van der Waals surface area contributed by atoms with Crippen LogP contribution in [0, 0.1) is 0 Å². The number of rotatable bonds is 1. The number of aromatic nitrogens is 2. The van der Waals surface area contributed by atoms with E-state index in [0.717, 1.165) is 0 Å². The summed E-state index contributed by atoms with van der Waals surface area (Å²) in [5.74, 6) is 0.744. The quantitative estimate of drug-likeness (QED) is 0.593. The summed E-state index contributed by atoms with van der Waals surface area (Å²) < 4.78 is 0. The molecule has 0 unspecified atom stereocenters. The van der Waals surface area contributed by atoms with Crippen LogP contribution in [-0.2, 0) is 0 Å². The van der Waals surface area contributed by atoms with Gasteiger partial charge in [0.05, 0.1) is 5.76 Å². The van der Waals surface area contributed by atoms with Gasteiger partial charge in [0.25, 0.3) is 0 Å². The molecule has 0 bridgehead atoms. The Bertz CT molecular complexity index is 227. The molecule has 0 aromatic carbocycles. The maximum atomic E-state index is 8.79. The van der Waals surface area contributed by atoms with Gasteiger partial charge in [0, 0.05) is 18.5 Å². The number of hydrogen-bond donors (Lipinski definition) is 1. The van der Waals surface area contributed by atoms with Crippen LogP contribution in [0.25, 0.3) is 6.08 Å². The molecule has 1 aromatic rings. The zero-order chi connectivity index (χ0) is 7.40. The van der Waals surface area contributed by atoms with Crippen LogP contribution < -0.4 is 0 Å². The summed E-state index contributed by atoms with van der Waals surface area (Å²) in [6.45, 7) is 1.58. The fraction of sp³-hybridized carbons (Fsp3) is 0.143. The number of aliphatic hydroxyl groups excluding tert-OH is 1. The Kier molecular flexibility index (Phi) is 1.99. The van der Waals surface area contributed by atoms with E-state index >= 15 is 0 Å². The van der Waals surface area contributed by atoms with Crippen molar-refractivity contribution in [3.05, 3.63) is 30.0 Å². The molecule has 0 saturated carbocycles. The first-order valence-corrected chi connectivity index (χ1v) is 2.93. The fourth-order valence-corrected chi connectivity index (χ4v) is 0.572. The molecule has 0 aliphatic heterocycles. The monoisotopic (exact) mass is 136 g/mol. The predicted molar refractivity (Wildman–Crippen MR) is 38.3 cm³/mol. The molecule has 1 rings (SSSR count). The molecule has 3 heteroatoms. The van der Waals surface area contributed by atoms with Crippen molar-refractivity contribution in [1.82, 2.24) is 9.97 Å². The van der Waals surface area contributed by atoms with Gasteiger partial charge in [-0.05, 0) is 13.0 Å². The summed E-state index contributed by atoms with van der Waals surface area (Å²) in [7, 11) is 0. The molecule has 0 atom stereocenters. The first kappa shape index (κ1) is 6.74. The third-order valence-corrected chi connectivity index (χ3v) is 0.924. The lowest BCUT2D eigenvalue weighted by atomic mass is 10.4. The molecule has 1 N–H and O–H groups in total. The Morgan fingerprint density at radius 1 is 1.50 bits per heavy atom. The highest BCUT2D eigenvalue weighted by atomic mass is 16.3. The summed E-state index contributed by atoms with van der Waals surface area (Å²) in [5, 5.41) is 8.79. The van der Waals surface area contributed by atoms with Crippen molar-refractivity contribution in [3.8, 4) is 0 Å². The number of hydrogen-bond acceptors (Lipinski definition) is 3. The summed E-state index contributed by atoms with van der Waals surface area (Å²) in [4.78, 5) is 7.74. The largest absolute Gasteiger partial charge is 0.512 e. The summed E-state index contributed by atoms with van der Waals surface area (Å²) >= 11 is 0. The third kappa shape index (κ3) is 1.85. The molecule has 1 aromatic heterocycles. The second-order valence-corrected chi connectivity index (χ2v) is 1.89. The van der Waals surface area contributed by atoms with Crippen LogP contribution in [0.5, 0.6) is 0 Å². The van der Waals surface area contributed by atoms with E-state index in [1.807, 2.05) is 0 Å². The lowest BCUT2D eigenvalue weighted by Gasteiger charge is -1.89. The van der Waals surface area contributed by atoms with Crippen molar-refractivity contribution in [2.75, 3.05) is 0 Å². The van der Waals surface area contributed by atoms with Crippen molar-refractivity contribution in [2.45, 2.75) is 6.92 Å². The minimum atomic E-state index is 0.214. The van der Waals surface area contributed by atoms with Gasteiger partial charge in [-0.2, -0.15) is 0 Å². The molecule has 0 spiro atoms. The fourth-order valence-electron chi connectivity index (χ4n) is 0.572. The van der Waals surface area contributed by atoms with Crippen LogP contribution in [-0.4, -0.2) is 15.1 Å². The third-order valence-electron chi connectivity index (χ3n) is 0.924. The van der Waals surface area contributed by atoms with Crippen LogP contribution >= 0.6 is 0 Å². The van der Waals surface area contributed by atoms with Crippen molar-refractivity contribution in [2.24, 2.45) is 0 Å². The van der Waals surface area contributed by atoms with E-state index in [-0.39, 0.29) is 5.76 Å². The van der Waals surface area contributed by atoms with E-state index in [1.54, 1.807) is 25.4 Å². The van der Waals surface area contributed by atoms with Gasteiger partial charge in [-0.1, -0.05) is 0 Å². The molecule has 0 amide bonds. The number of aliphatic hydroxyl groups is 1. The zero-order valence-electron chi connectivity index (χ0n) is 5.65. The van der Waals surface area contributed by atoms with E-state index in [9.17, 15) is 0 Å². The average Bonchev–Trinajstić information content (AvgIpc) is 1.88. The van der Waals surface area contributed by atoms with Crippen molar-refractivity contribution in [1.29, 1.82) is 0 Å². The molecule has 0 saturated heterocycles. The van der Waals surface area contributed by atoms with Gasteiger partial charge in [-0.3, -0.25) is 0 Å². The van der Waals surface area contributed by atoms with E-state index < -0.39 is 0 Å². The topological polar surface area (TPSA) is 46.0 Å². The summed E-state index contributed by atoms with van der Waals surface area (Å²) in [6, 6.07) is 1.73. The Morgan fingerprint density at radius 3 is 2.60 bits per heavy atom. The highest BCUT2D eigenvalue weighted by molar-refractivity contribution is 5.40. The minimum absolute atomic E-state index is 0.214. The average molecular weight is 136 g/mol. The Balaban J connectivity index is 2.87. The Labute approximate surface area is 59.1 Å². The highest BCUT2D eigenvalue weighted by Crippen LogP contribution is 1.94. The molecule has 3 nitrogen and oxygen atoms in total. The maximum absolute atomic E-state index is 8.79. The molecular formula is C7H8N2O. The van der Waals surface area contributed by atoms with E-state index in [0.29, 0.717) is 5.82 Å². The van der Waals surface area contributed by atoms with Gasteiger partial charge in [0.1, 0.15) is 0 Å². The van der Waals surface area contributed by atoms with Crippen molar-refractivity contribution < 1.29 is 5.11 Å². The lowest BCUT2D eigenvalue weighted by Crippen LogP contribution is -1.84. The van der Waals surface area contributed by atoms with Crippen LogP contribution in [0.1, 0.15) is 12.7 Å². The van der Waals surface area contributed by atoms with Crippen LogP contribution in [0.3, 0.4) is 0 Å². The Morgan fingerprint density at radius 2 is 2.10 bits per heavy atom. The first-order valence-electron chi connectivity index (χ1n) is 2.93. The number of allylic oxidation sites excluding steroid dienone is 1. The molecule has 10 heavy (non-hydrogen) atoms. The van der Waals surface area contributed by atoms with E-state index in [2.05, 4.69) is 9.97 Å². The second kappa shape index (κ2) is 2.96. The van der Waals surface area contributed by atoms with Crippen LogP contribution in [0.4, 0.5) is 0 Å². The summed E-state index contributed by atoms with van der Waals surface area (Å²) in [5.41, 5.74) is 0. The molecule has 52 valence electrons. The van der Waals surface area contributed by atoms with E-state index in [1.165, 1.54) is 6.08 Å².